The number of nitrogens with one attached hydrogen (secondary N) is 2. The van der Waals surface area contributed by atoms with E-state index in [1.54, 1.807) is 31.2 Å². The van der Waals surface area contributed by atoms with Crippen LogP contribution in [-0.2, 0) is 4.79 Å². The lowest BCUT2D eigenvalue weighted by Gasteiger charge is -2.08. The molecule has 5 nitrogen and oxygen atoms in total. The van der Waals surface area contributed by atoms with Crippen LogP contribution in [0.4, 0.5) is 0 Å². The smallest absolute Gasteiger partial charge is 0.253 e. The predicted molar refractivity (Wildman–Crippen MR) is 68.5 cm³/mol. The van der Waals surface area contributed by atoms with Crippen LogP contribution >= 0.6 is 11.6 Å². The van der Waals surface area contributed by atoms with Gasteiger partial charge in [0.1, 0.15) is 0 Å². The van der Waals surface area contributed by atoms with Crippen molar-refractivity contribution in [1.82, 2.24) is 10.6 Å². The Bertz CT molecular complexity index is 435. The van der Waals surface area contributed by atoms with E-state index in [0.717, 1.165) is 0 Å². The number of rotatable bonds is 5. The predicted octanol–water partition coefficient (Wildman–Crippen LogP) is 0.567. The van der Waals surface area contributed by atoms with Gasteiger partial charge in [0, 0.05) is 6.54 Å². The van der Waals surface area contributed by atoms with Crippen molar-refractivity contribution in [2.24, 2.45) is 0 Å². The molecule has 98 valence electrons. The molecule has 18 heavy (non-hydrogen) atoms. The summed E-state index contributed by atoms with van der Waals surface area (Å²) in [7, 11) is 0. The lowest BCUT2D eigenvalue weighted by atomic mass is 10.2. The Morgan fingerprint density at radius 2 is 2.00 bits per heavy atom. The largest absolute Gasteiger partial charge is 0.392 e. The quantitative estimate of drug-likeness (QED) is 0.732. The van der Waals surface area contributed by atoms with Gasteiger partial charge in [-0.15, -0.1) is 0 Å². The maximum Gasteiger partial charge on any atom is 0.253 e. The van der Waals surface area contributed by atoms with Crippen molar-refractivity contribution in [3.8, 4) is 0 Å². The molecule has 2 amide bonds. The van der Waals surface area contributed by atoms with E-state index in [9.17, 15) is 9.59 Å². The molecule has 0 aliphatic heterocycles. The Kier molecular flexibility index (Phi) is 5.61. The summed E-state index contributed by atoms with van der Waals surface area (Å²) in [5.41, 5.74) is 0.322. The Morgan fingerprint density at radius 1 is 1.33 bits per heavy atom. The molecule has 3 N–H and O–H groups in total. The average molecular weight is 271 g/mol. The topological polar surface area (TPSA) is 78.4 Å². The SMILES string of the molecule is C[C@H](O)CNC(=O)CNC(=O)c1ccccc1Cl. The van der Waals surface area contributed by atoms with Crippen molar-refractivity contribution >= 4 is 23.4 Å². The molecule has 1 atom stereocenters. The third kappa shape index (κ3) is 4.73. The first-order valence-corrected chi connectivity index (χ1v) is 5.86. The molecule has 1 rings (SSSR count). The van der Waals surface area contributed by atoms with E-state index < -0.39 is 12.0 Å². The Labute approximate surface area is 110 Å². The highest BCUT2D eigenvalue weighted by Gasteiger charge is 2.10. The minimum Gasteiger partial charge on any atom is -0.392 e. The Morgan fingerprint density at radius 3 is 2.61 bits per heavy atom. The van der Waals surface area contributed by atoms with Gasteiger partial charge in [-0.05, 0) is 19.1 Å². The number of carbonyl (C=O) groups is 2. The molecule has 0 aliphatic carbocycles. The molecule has 0 aromatic heterocycles. The molecule has 0 bridgehead atoms. The van der Waals surface area contributed by atoms with E-state index in [4.69, 9.17) is 16.7 Å². The summed E-state index contributed by atoms with van der Waals surface area (Å²) in [6, 6.07) is 6.58. The first kappa shape index (κ1) is 14.5. The molecule has 0 aliphatic rings. The number of halogens is 1. The Balaban J connectivity index is 2.42. The number of amides is 2. The van der Waals surface area contributed by atoms with Gasteiger partial charge in [0.2, 0.25) is 5.91 Å². The van der Waals surface area contributed by atoms with Crippen LogP contribution in [0.2, 0.25) is 5.02 Å². The first-order valence-electron chi connectivity index (χ1n) is 5.48. The third-order valence-corrected chi connectivity index (χ3v) is 2.45. The molecular formula is C12H15ClN2O3. The zero-order valence-electron chi connectivity index (χ0n) is 9.94. The first-order chi connectivity index (χ1) is 8.50. The van der Waals surface area contributed by atoms with E-state index in [2.05, 4.69) is 10.6 Å². The lowest BCUT2D eigenvalue weighted by molar-refractivity contribution is -0.120. The van der Waals surface area contributed by atoms with E-state index in [-0.39, 0.29) is 19.0 Å². The fourth-order valence-corrected chi connectivity index (χ4v) is 1.45. The minimum absolute atomic E-state index is 0.154. The molecule has 6 heteroatoms. The summed E-state index contributed by atoms with van der Waals surface area (Å²) in [5, 5.41) is 14.2. The van der Waals surface area contributed by atoms with Crippen molar-refractivity contribution in [3.63, 3.8) is 0 Å². The zero-order chi connectivity index (χ0) is 13.5. The highest BCUT2D eigenvalue weighted by molar-refractivity contribution is 6.33. The van der Waals surface area contributed by atoms with Crippen LogP contribution in [0.1, 0.15) is 17.3 Å². The van der Waals surface area contributed by atoms with Crippen LogP contribution in [-0.4, -0.2) is 36.1 Å². The van der Waals surface area contributed by atoms with Crippen LogP contribution in [0.5, 0.6) is 0 Å². The lowest BCUT2D eigenvalue weighted by Crippen LogP contribution is -2.39. The maximum atomic E-state index is 11.7. The van der Waals surface area contributed by atoms with Crippen LogP contribution in [0.25, 0.3) is 0 Å². The summed E-state index contributed by atoms with van der Waals surface area (Å²) in [5.74, 6) is -0.774. The number of aliphatic hydroxyl groups excluding tert-OH is 1. The molecule has 1 aromatic rings. The van der Waals surface area contributed by atoms with Gasteiger partial charge in [0.15, 0.2) is 0 Å². The number of benzene rings is 1. The molecule has 0 fully saturated rings. The number of aliphatic hydroxyl groups is 1. The summed E-state index contributed by atoms with van der Waals surface area (Å²) >= 11 is 5.84. The number of hydrogen-bond donors (Lipinski definition) is 3. The Hall–Kier alpha value is -1.59. The van der Waals surface area contributed by atoms with Gasteiger partial charge < -0.3 is 15.7 Å². The molecule has 0 saturated heterocycles. The van der Waals surface area contributed by atoms with E-state index in [1.165, 1.54) is 0 Å². The number of hydrogen-bond acceptors (Lipinski definition) is 3. The molecular weight excluding hydrogens is 256 g/mol. The van der Waals surface area contributed by atoms with Crippen LogP contribution < -0.4 is 10.6 Å². The van der Waals surface area contributed by atoms with Crippen LogP contribution in [0, 0.1) is 0 Å². The summed E-state index contributed by atoms with van der Waals surface area (Å²) in [6.07, 6.45) is -0.617. The van der Waals surface area contributed by atoms with Crippen molar-refractivity contribution in [3.05, 3.63) is 34.9 Å². The second-order valence-corrected chi connectivity index (χ2v) is 4.22. The summed E-state index contributed by atoms with van der Waals surface area (Å²) in [4.78, 5) is 23.0. The summed E-state index contributed by atoms with van der Waals surface area (Å²) < 4.78 is 0. The number of carbonyl (C=O) groups excluding carboxylic acids is 2. The second-order valence-electron chi connectivity index (χ2n) is 3.82. The van der Waals surface area contributed by atoms with Gasteiger partial charge >= 0.3 is 0 Å². The van der Waals surface area contributed by atoms with Gasteiger partial charge in [-0.25, -0.2) is 0 Å². The molecule has 0 unspecified atom stereocenters. The molecule has 1 aromatic carbocycles. The maximum absolute atomic E-state index is 11.7. The monoisotopic (exact) mass is 270 g/mol. The highest BCUT2D eigenvalue weighted by atomic mass is 35.5. The molecule has 0 heterocycles. The zero-order valence-corrected chi connectivity index (χ0v) is 10.7. The van der Waals surface area contributed by atoms with Gasteiger partial charge in [0.25, 0.3) is 5.91 Å². The van der Waals surface area contributed by atoms with E-state index >= 15 is 0 Å². The van der Waals surface area contributed by atoms with Crippen molar-refractivity contribution in [2.45, 2.75) is 13.0 Å². The molecule has 0 spiro atoms. The average Bonchev–Trinajstić information content (AvgIpc) is 2.34. The van der Waals surface area contributed by atoms with Crippen LogP contribution in [0.3, 0.4) is 0 Å². The second kappa shape index (κ2) is 6.98. The fraction of sp³-hybridized carbons (Fsp3) is 0.333. The van der Waals surface area contributed by atoms with Gasteiger partial charge in [-0.3, -0.25) is 9.59 Å². The van der Waals surface area contributed by atoms with Gasteiger partial charge in [-0.2, -0.15) is 0 Å². The normalized spacial score (nSPS) is 11.7. The third-order valence-electron chi connectivity index (χ3n) is 2.12. The van der Waals surface area contributed by atoms with Crippen molar-refractivity contribution in [1.29, 1.82) is 0 Å². The summed E-state index contributed by atoms with van der Waals surface area (Å²) in [6.45, 7) is 1.56. The standard InChI is InChI=1S/C12H15ClN2O3/c1-8(16)6-14-11(17)7-15-12(18)9-4-2-3-5-10(9)13/h2-5,8,16H,6-7H2,1H3,(H,14,17)(H,15,18)/t8-/m0/s1. The van der Waals surface area contributed by atoms with E-state index in [1.807, 2.05) is 0 Å². The van der Waals surface area contributed by atoms with Crippen molar-refractivity contribution < 1.29 is 14.7 Å². The fourth-order valence-electron chi connectivity index (χ4n) is 1.23. The molecule has 0 radical (unpaired) electrons. The van der Waals surface area contributed by atoms with Crippen LogP contribution in [0.15, 0.2) is 24.3 Å². The van der Waals surface area contributed by atoms with Gasteiger partial charge in [-0.1, -0.05) is 23.7 Å². The van der Waals surface area contributed by atoms with E-state index in [0.29, 0.717) is 10.6 Å². The molecule has 0 saturated carbocycles. The van der Waals surface area contributed by atoms with Crippen molar-refractivity contribution in [2.75, 3.05) is 13.1 Å². The minimum atomic E-state index is -0.617. The van der Waals surface area contributed by atoms with Gasteiger partial charge in [0.05, 0.1) is 23.2 Å². The highest BCUT2D eigenvalue weighted by Crippen LogP contribution is 2.14.